The van der Waals surface area contributed by atoms with E-state index >= 15 is 0 Å². The maximum Gasteiger partial charge on any atom is 0.407 e. The number of methoxy groups -OCH3 is 2. The van der Waals surface area contributed by atoms with Gasteiger partial charge in [0.1, 0.15) is 11.9 Å². The van der Waals surface area contributed by atoms with Gasteiger partial charge >= 0.3 is 12.1 Å². The molecule has 13 heteroatoms. The van der Waals surface area contributed by atoms with Crippen LogP contribution in [0.15, 0.2) is 90.1 Å². The fraction of sp³-hybridized carbons (Fsp3) is 0.354. The summed E-state index contributed by atoms with van der Waals surface area (Å²) in [5, 5.41) is 3.72. The van der Waals surface area contributed by atoms with Gasteiger partial charge < -0.3 is 29.6 Å². The van der Waals surface area contributed by atoms with E-state index in [0.29, 0.717) is 31.6 Å². The largest absolute Gasteiger partial charge is 0.469 e. The standard InChI is InChI=1S/C48H49N7O6/c1-27(2)43(53-48(59)61-4)47(58)54-22-6-9-40(54)38-21-20-37(51-38)32-17-19-36-31(23-32)16-18-35(50-36)28-10-12-29(13-11-28)39-26-49-45(52-39)41-24-33-8-5-7-30-14-15-34(25-42(56)60-3)46(57)55(41)44(30)33/h5,7-8,10-13,16-20,23,26-27,34,40-41,43H,6,9,14-15,21-22,24-25H2,1-4H3,(H,49,52)(H,53,59)/t34-,40+,41+,43+/m1/s1. The molecule has 3 amide bonds. The van der Waals surface area contributed by atoms with Crippen LogP contribution in [0.1, 0.15) is 74.5 Å². The summed E-state index contributed by atoms with van der Waals surface area (Å²) in [5.74, 6) is -0.384. The molecule has 9 rings (SSSR count). The van der Waals surface area contributed by atoms with Gasteiger partial charge in [-0.3, -0.25) is 19.4 Å². The molecule has 6 heterocycles. The number of imidazole rings is 1. The third-order valence-electron chi connectivity index (χ3n) is 12.6. The average molecular weight is 820 g/mol. The number of nitrogens with zero attached hydrogens (tertiary/aromatic N) is 5. The lowest BCUT2D eigenvalue weighted by Gasteiger charge is -2.30. The number of alkyl carbamates (subject to hydrolysis) is 1. The van der Waals surface area contributed by atoms with E-state index in [-0.39, 0.29) is 42.2 Å². The number of benzene rings is 3. The highest BCUT2D eigenvalue weighted by Crippen LogP contribution is 2.46. The van der Waals surface area contributed by atoms with Gasteiger partial charge in [0.25, 0.3) is 0 Å². The Balaban J connectivity index is 0.888. The minimum Gasteiger partial charge on any atom is -0.469 e. The van der Waals surface area contributed by atoms with Crippen LogP contribution in [-0.4, -0.2) is 82.3 Å². The second-order valence-electron chi connectivity index (χ2n) is 16.7. The number of carbonyl (C=O) groups is 4. The van der Waals surface area contributed by atoms with E-state index in [4.69, 9.17) is 24.4 Å². The minimum atomic E-state index is -0.669. The summed E-state index contributed by atoms with van der Waals surface area (Å²) in [6.45, 7) is 4.46. The van der Waals surface area contributed by atoms with E-state index in [1.807, 2.05) is 66.2 Å². The van der Waals surface area contributed by atoms with Crippen molar-refractivity contribution >= 4 is 51.9 Å². The van der Waals surface area contributed by atoms with E-state index in [1.54, 1.807) is 0 Å². The summed E-state index contributed by atoms with van der Waals surface area (Å²) in [5.41, 5.74) is 10.5. The van der Waals surface area contributed by atoms with Gasteiger partial charge in [0.05, 0.1) is 67.2 Å². The molecule has 61 heavy (non-hydrogen) atoms. The van der Waals surface area contributed by atoms with E-state index < -0.39 is 18.1 Å². The van der Waals surface area contributed by atoms with Crippen molar-refractivity contribution in [3.63, 3.8) is 0 Å². The molecule has 0 saturated carbocycles. The first-order valence-electron chi connectivity index (χ1n) is 21.1. The van der Waals surface area contributed by atoms with Crippen molar-refractivity contribution in [1.82, 2.24) is 25.2 Å². The molecule has 4 aliphatic rings. The van der Waals surface area contributed by atoms with E-state index in [2.05, 4.69) is 52.8 Å². The zero-order chi connectivity index (χ0) is 42.4. The van der Waals surface area contributed by atoms with Crippen LogP contribution >= 0.6 is 0 Å². The zero-order valence-corrected chi connectivity index (χ0v) is 34.8. The second kappa shape index (κ2) is 16.4. The summed E-state index contributed by atoms with van der Waals surface area (Å²) < 4.78 is 9.71. The molecule has 2 aromatic heterocycles. The normalized spacial score (nSPS) is 20.0. The topological polar surface area (TPSA) is 159 Å². The monoisotopic (exact) mass is 819 g/mol. The van der Waals surface area contributed by atoms with Gasteiger partial charge in [-0.15, -0.1) is 0 Å². The predicted octanol–water partition coefficient (Wildman–Crippen LogP) is 7.61. The van der Waals surface area contributed by atoms with Gasteiger partial charge in [0.2, 0.25) is 11.8 Å². The lowest BCUT2D eigenvalue weighted by atomic mass is 9.95. The number of esters is 1. The Labute approximate surface area is 354 Å². The van der Waals surface area contributed by atoms with Gasteiger partial charge in [-0.2, -0.15) is 0 Å². The number of ether oxygens (including phenoxy) is 2. The third-order valence-corrected chi connectivity index (χ3v) is 12.6. The number of rotatable bonds is 10. The van der Waals surface area contributed by atoms with Crippen molar-refractivity contribution in [2.24, 2.45) is 16.8 Å². The number of nitrogens with one attached hydrogen (secondary N) is 2. The molecule has 0 unspecified atom stereocenters. The molecule has 2 N–H and O–H groups in total. The number of fused-ring (bicyclic) bond motifs is 1. The Kier molecular flexibility index (Phi) is 10.7. The predicted molar refractivity (Wildman–Crippen MR) is 233 cm³/mol. The van der Waals surface area contributed by atoms with E-state index in [9.17, 15) is 19.2 Å². The molecular weight excluding hydrogens is 771 g/mol. The van der Waals surface area contributed by atoms with Crippen LogP contribution in [0, 0.1) is 11.8 Å². The Morgan fingerprint density at radius 1 is 0.918 bits per heavy atom. The Hall–Kier alpha value is -6.63. The van der Waals surface area contributed by atoms with Gasteiger partial charge in [0, 0.05) is 47.5 Å². The number of hydrogen-bond donors (Lipinski definition) is 2. The fourth-order valence-electron chi connectivity index (χ4n) is 9.40. The summed E-state index contributed by atoms with van der Waals surface area (Å²) in [7, 11) is 2.66. The number of allylic oxidation sites excluding steroid dienone is 1. The van der Waals surface area contributed by atoms with Gasteiger partial charge in [-0.1, -0.05) is 74.5 Å². The number of carbonyl (C=O) groups excluding carboxylic acids is 4. The number of hydrogen-bond acceptors (Lipinski definition) is 9. The van der Waals surface area contributed by atoms with Gasteiger partial charge in [0.15, 0.2) is 0 Å². The van der Waals surface area contributed by atoms with Gasteiger partial charge in [-0.25, -0.2) is 14.8 Å². The van der Waals surface area contributed by atoms with Crippen molar-refractivity contribution in [3.8, 4) is 22.5 Å². The summed E-state index contributed by atoms with van der Waals surface area (Å²) in [6, 6.07) is 23.6. The molecule has 312 valence electrons. The lowest BCUT2D eigenvalue weighted by molar-refractivity contribution is -0.144. The van der Waals surface area contributed by atoms with Crippen molar-refractivity contribution in [3.05, 3.63) is 108 Å². The maximum absolute atomic E-state index is 14.0. The summed E-state index contributed by atoms with van der Waals surface area (Å²) in [6.07, 6.45) is 7.73. The maximum atomic E-state index is 14.0. The minimum absolute atomic E-state index is 0.0598. The highest BCUT2D eigenvalue weighted by molar-refractivity contribution is 6.03. The van der Waals surface area contributed by atoms with Crippen LogP contribution in [0.3, 0.4) is 0 Å². The molecule has 0 aliphatic carbocycles. The van der Waals surface area contributed by atoms with Crippen LogP contribution in [0.25, 0.3) is 39.1 Å². The molecule has 5 aromatic rings. The molecule has 1 saturated heterocycles. The Bertz CT molecular complexity index is 2610. The summed E-state index contributed by atoms with van der Waals surface area (Å²) in [4.78, 5) is 74.0. The number of aromatic nitrogens is 3. The smallest absolute Gasteiger partial charge is 0.407 e. The molecule has 4 aliphatic heterocycles. The number of aliphatic imine (C=N–C) groups is 1. The zero-order valence-electron chi connectivity index (χ0n) is 34.8. The number of aryl methyl sites for hydroxylation is 1. The molecule has 4 atom stereocenters. The number of aromatic amines is 1. The first-order valence-corrected chi connectivity index (χ1v) is 21.1. The molecular formula is C48H49N7O6. The van der Waals surface area contributed by atoms with Gasteiger partial charge in [-0.05, 0) is 66.5 Å². The highest BCUT2D eigenvalue weighted by Gasteiger charge is 2.43. The fourth-order valence-corrected chi connectivity index (χ4v) is 9.40. The first kappa shape index (κ1) is 39.8. The molecule has 0 radical (unpaired) electrons. The lowest BCUT2D eigenvalue weighted by Crippen LogP contribution is -2.53. The van der Waals surface area contributed by atoms with Crippen LogP contribution in [0.5, 0.6) is 0 Å². The van der Waals surface area contributed by atoms with Crippen LogP contribution in [0.4, 0.5) is 10.5 Å². The van der Waals surface area contributed by atoms with Crippen molar-refractivity contribution in [1.29, 1.82) is 0 Å². The third kappa shape index (κ3) is 7.57. The number of amides is 3. The molecule has 1 fully saturated rings. The van der Waals surface area contributed by atoms with E-state index in [0.717, 1.165) is 86.5 Å². The van der Waals surface area contributed by atoms with Crippen LogP contribution < -0.4 is 10.2 Å². The van der Waals surface area contributed by atoms with E-state index in [1.165, 1.54) is 14.2 Å². The Morgan fingerprint density at radius 2 is 1.70 bits per heavy atom. The van der Waals surface area contributed by atoms with Crippen molar-refractivity contribution in [2.45, 2.75) is 76.9 Å². The summed E-state index contributed by atoms with van der Waals surface area (Å²) >= 11 is 0. The highest BCUT2D eigenvalue weighted by atomic mass is 16.5. The quantitative estimate of drug-likeness (QED) is 0.136. The first-order chi connectivity index (χ1) is 29.6. The average Bonchev–Trinajstić information content (AvgIpc) is 4.11. The van der Waals surface area contributed by atoms with Crippen molar-refractivity contribution in [2.75, 3.05) is 25.7 Å². The molecule has 3 aromatic carbocycles. The molecule has 13 nitrogen and oxygen atoms in total. The number of anilines is 1. The SMILES string of the molecule is COC(=O)C[C@H]1CCc2cccc3c2N(C1=O)[C@H](c1ncc(-c2ccc(-c4ccc5cc(C6=CCC([C@@H]7CCCN7C(=O)[C@@H](NC(=O)OC)C(C)C)=N6)ccc5n4)cc2)[nH]1)C3. The number of likely N-dealkylation sites (tertiary alicyclic amines) is 1. The Morgan fingerprint density at radius 3 is 2.49 bits per heavy atom. The van der Waals surface area contributed by atoms with Crippen molar-refractivity contribution < 1.29 is 28.7 Å². The number of H-pyrrole nitrogens is 1. The van der Waals surface area contributed by atoms with Crippen LogP contribution in [-0.2, 0) is 36.7 Å². The number of para-hydroxylation sites is 1. The van der Waals surface area contributed by atoms with Crippen LogP contribution in [0.2, 0.25) is 0 Å². The molecule has 0 bridgehead atoms. The second-order valence-corrected chi connectivity index (χ2v) is 16.7. The molecule has 0 spiro atoms. The number of pyridine rings is 1.